The smallest absolute Gasteiger partial charge is 0.0624 e. The molecule has 0 spiro atoms. The van der Waals surface area contributed by atoms with E-state index in [-0.39, 0.29) is 0 Å². The van der Waals surface area contributed by atoms with Crippen LogP contribution in [0.15, 0.2) is 0 Å². The fourth-order valence-electron chi connectivity index (χ4n) is 0.888. The summed E-state index contributed by atoms with van der Waals surface area (Å²) in [6, 6.07) is 0. The van der Waals surface area contributed by atoms with Gasteiger partial charge in [-0.1, -0.05) is 13.8 Å². The molecule has 0 bridgehead atoms. The summed E-state index contributed by atoms with van der Waals surface area (Å²) >= 11 is 0. The van der Waals surface area contributed by atoms with Crippen LogP contribution in [0.3, 0.4) is 0 Å². The fourth-order valence-corrected chi connectivity index (χ4v) is 0.888. The van der Waals surface area contributed by atoms with Crippen LogP contribution in [0.2, 0.25) is 0 Å². The van der Waals surface area contributed by atoms with Crippen molar-refractivity contribution in [2.45, 2.75) is 13.8 Å². The molecule has 1 N–H and O–H groups in total. The summed E-state index contributed by atoms with van der Waals surface area (Å²) in [7, 11) is 0. The molecule has 0 aromatic carbocycles. The molecule has 2 heteroatoms. The second kappa shape index (κ2) is 2.03. The van der Waals surface area contributed by atoms with Gasteiger partial charge in [0, 0.05) is 13.1 Å². The fraction of sp³-hybridized carbons (Fsp3) is 1.00. The van der Waals surface area contributed by atoms with Crippen LogP contribution in [0, 0.1) is 5.41 Å². The number of hydrogen-bond donors (Lipinski definition) is 1. The second-order valence-electron chi connectivity index (χ2n) is 3.13. The molecule has 0 atom stereocenters. The van der Waals surface area contributed by atoms with Crippen molar-refractivity contribution in [3.63, 3.8) is 0 Å². The third kappa shape index (κ3) is 1.46. The Balaban J connectivity index is 2.33. The van der Waals surface area contributed by atoms with Crippen molar-refractivity contribution in [3.8, 4) is 0 Å². The van der Waals surface area contributed by atoms with Crippen molar-refractivity contribution < 1.29 is 0 Å². The zero-order valence-corrected chi connectivity index (χ0v) is 5.57. The minimum Gasteiger partial charge on any atom is -0.303 e. The molecular formula is C6H13N2. The van der Waals surface area contributed by atoms with E-state index in [9.17, 15) is 0 Å². The Labute approximate surface area is 50.7 Å². The normalized spacial score (nSPS) is 27.8. The first-order chi connectivity index (χ1) is 3.71. The van der Waals surface area contributed by atoms with E-state index in [1.165, 1.54) is 0 Å². The first-order valence-corrected chi connectivity index (χ1v) is 3.05. The van der Waals surface area contributed by atoms with E-state index < -0.39 is 0 Å². The van der Waals surface area contributed by atoms with Crippen LogP contribution < -0.4 is 10.6 Å². The summed E-state index contributed by atoms with van der Waals surface area (Å²) in [5.41, 5.74) is 0.401. The summed E-state index contributed by atoms with van der Waals surface area (Å²) < 4.78 is 0. The molecule has 1 fully saturated rings. The summed E-state index contributed by atoms with van der Waals surface area (Å²) in [5, 5.41) is 7.43. The topological polar surface area (TPSA) is 26.1 Å². The quantitative estimate of drug-likeness (QED) is 0.476. The van der Waals surface area contributed by atoms with Gasteiger partial charge in [0.2, 0.25) is 0 Å². The van der Waals surface area contributed by atoms with Crippen molar-refractivity contribution in [1.82, 2.24) is 10.6 Å². The number of nitrogens with zero attached hydrogens (tertiary/aromatic N) is 1. The Bertz CT molecular complexity index is 70.6. The van der Waals surface area contributed by atoms with Gasteiger partial charge in [0.25, 0.3) is 0 Å². The second-order valence-corrected chi connectivity index (χ2v) is 3.13. The lowest BCUT2D eigenvalue weighted by atomic mass is 9.92. The van der Waals surface area contributed by atoms with E-state index >= 15 is 0 Å². The van der Waals surface area contributed by atoms with E-state index in [1.807, 2.05) is 0 Å². The maximum absolute atomic E-state index is 4.22. The van der Waals surface area contributed by atoms with E-state index in [0.29, 0.717) is 5.41 Å². The van der Waals surface area contributed by atoms with Crippen molar-refractivity contribution in [2.75, 3.05) is 19.8 Å². The molecule has 0 aromatic heterocycles. The monoisotopic (exact) mass is 113 g/mol. The Hall–Kier alpha value is -0.0800. The molecule has 1 radical (unpaired) electrons. The van der Waals surface area contributed by atoms with Gasteiger partial charge in [0.05, 0.1) is 6.67 Å². The molecule has 0 saturated carbocycles. The zero-order valence-electron chi connectivity index (χ0n) is 5.57. The molecule has 2 nitrogen and oxygen atoms in total. The van der Waals surface area contributed by atoms with Gasteiger partial charge >= 0.3 is 0 Å². The maximum atomic E-state index is 4.22. The molecule has 1 heterocycles. The van der Waals surface area contributed by atoms with Crippen LogP contribution in [-0.4, -0.2) is 19.8 Å². The van der Waals surface area contributed by atoms with Gasteiger partial charge < -0.3 is 5.32 Å². The summed E-state index contributed by atoms with van der Waals surface area (Å²) in [4.78, 5) is 0. The number of nitrogens with one attached hydrogen (secondary N) is 1. The third-order valence-corrected chi connectivity index (χ3v) is 1.37. The van der Waals surface area contributed by atoms with E-state index in [4.69, 9.17) is 0 Å². The highest BCUT2D eigenvalue weighted by molar-refractivity contribution is 4.76. The predicted molar refractivity (Wildman–Crippen MR) is 33.7 cm³/mol. The predicted octanol–water partition coefficient (Wildman–Crippen LogP) is 0.178. The molecular weight excluding hydrogens is 100 g/mol. The Morgan fingerprint density at radius 2 is 2.25 bits per heavy atom. The highest BCUT2D eigenvalue weighted by Gasteiger charge is 2.20. The maximum Gasteiger partial charge on any atom is 0.0624 e. The largest absolute Gasteiger partial charge is 0.303 e. The summed E-state index contributed by atoms with van der Waals surface area (Å²) in [6.45, 7) is 7.42. The lowest BCUT2D eigenvalue weighted by molar-refractivity contribution is 0.265. The Morgan fingerprint density at radius 3 is 2.50 bits per heavy atom. The molecule has 1 saturated heterocycles. The number of rotatable bonds is 0. The van der Waals surface area contributed by atoms with Crippen LogP contribution in [0.1, 0.15) is 13.8 Å². The first kappa shape index (κ1) is 6.05. The minimum atomic E-state index is 0.401. The van der Waals surface area contributed by atoms with Crippen molar-refractivity contribution in [3.05, 3.63) is 0 Å². The highest BCUT2D eigenvalue weighted by Crippen LogP contribution is 2.13. The van der Waals surface area contributed by atoms with Crippen molar-refractivity contribution >= 4 is 0 Å². The van der Waals surface area contributed by atoms with Crippen LogP contribution >= 0.6 is 0 Å². The van der Waals surface area contributed by atoms with Gasteiger partial charge in [-0.15, -0.1) is 0 Å². The summed E-state index contributed by atoms with van der Waals surface area (Å²) in [6.07, 6.45) is 0. The average molecular weight is 113 g/mol. The van der Waals surface area contributed by atoms with E-state index in [0.717, 1.165) is 19.8 Å². The highest BCUT2D eigenvalue weighted by atomic mass is 15.1. The molecule has 0 amide bonds. The first-order valence-electron chi connectivity index (χ1n) is 3.05. The summed E-state index contributed by atoms with van der Waals surface area (Å²) in [5.74, 6) is 0. The molecule has 0 aromatic rings. The van der Waals surface area contributed by atoms with Gasteiger partial charge in [-0.25, -0.2) is 5.32 Å². The van der Waals surface area contributed by atoms with Crippen LogP contribution in [0.25, 0.3) is 0 Å². The lowest BCUT2D eigenvalue weighted by Crippen LogP contribution is -2.45. The van der Waals surface area contributed by atoms with Crippen LogP contribution in [-0.2, 0) is 0 Å². The SMILES string of the molecule is CC1(C)C[N]CNC1. The average Bonchev–Trinajstić information content (AvgIpc) is 1.65. The molecule has 0 unspecified atom stereocenters. The van der Waals surface area contributed by atoms with Gasteiger partial charge in [0.1, 0.15) is 0 Å². The van der Waals surface area contributed by atoms with Crippen molar-refractivity contribution in [2.24, 2.45) is 5.41 Å². The molecule has 1 rings (SSSR count). The zero-order chi connectivity index (χ0) is 6.04. The van der Waals surface area contributed by atoms with Crippen molar-refractivity contribution in [1.29, 1.82) is 0 Å². The molecule has 47 valence electrons. The Morgan fingerprint density at radius 1 is 1.50 bits per heavy atom. The van der Waals surface area contributed by atoms with Crippen LogP contribution in [0.5, 0.6) is 0 Å². The molecule has 8 heavy (non-hydrogen) atoms. The standard InChI is InChI=1S/C6H13N2/c1-6(2)3-7-5-8-4-6/h7H,3-5H2,1-2H3. The number of hydrogen-bond acceptors (Lipinski definition) is 1. The molecule has 1 aliphatic rings. The van der Waals surface area contributed by atoms with E-state index in [2.05, 4.69) is 24.5 Å². The minimum absolute atomic E-state index is 0.401. The van der Waals surface area contributed by atoms with Gasteiger partial charge in [-0.3, -0.25) is 0 Å². The third-order valence-electron chi connectivity index (χ3n) is 1.37. The van der Waals surface area contributed by atoms with E-state index in [1.54, 1.807) is 0 Å². The van der Waals surface area contributed by atoms with Gasteiger partial charge in [-0.2, -0.15) is 0 Å². The Kier molecular flexibility index (Phi) is 1.54. The van der Waals surface area contributed by atoms with Crippen LogP contribution in [0.4, 0.5) is 0 Å². The molecule has 0 aliphatic carbocycles. The lowest BCUT2D eigenvalue weighted by Gasteiger charge is -2.29. The molecule has 1 aliphatic heterocycles. The van der Waals surface area contributed by atoms with Gasteiger partial charge in [0.15, 0.2) is 0 Å². The van der Waals surface area contributed by atoms with Gasteiger partial charge in [-0.05, 0) is 5.41 Å².